The van der Waals surface area contributed by atoms with Crippen LogP contribution in [0.3, 0.4) is 0 Å². The van der Waals surface area contributed by atoms with Crippen molar-refractivity contribution in [3.05, 3.63) is 21.3 Å². The molecule has 0 spiro atoms. The first-order chi connectivity index (χ1) is 8.22. The van der Waals surface area contributed by atoms with Gasteiger partial charge in [-0.15, -0.1) is 11.3 Å². The predicted molar refractivity (Wildman–Crippen MR) is 73.2 cm³/mol. The Kier molecular flexibility index (Phi) is 7.00. The number of oxime groups is 1. The third kappa shape index (κ3) is 6.51. The lowest BCUT2D eigenvalue weighted by molar-refractivity contribution is 0.316. The molecule has 1 heterocycles. The van der Waals surface area contributed by atoms with Crippen LogP contribution < -0.4 is 11.1 Å². The monoisotopic (exact) mass is 275 g/mol. The maximum Gasteiger partial charge on any atom is 0.139 e. The summed E-state index contributed by atoms with van der Waals surface area (Å²) < 4.78 is 0.846. The maximum absolute atomic E-state index is 8.34. The van der Waals surface area contributed by atoms with Crippen LogP contribution in [0.2, 0.25) is 4.34 Å². The molecule has 1 aromatic heterocycles. The molecule has 0 saturated heterocycles. The van der Waals surface area contributed by atoms with Crippen LogP contribution in [0.5, 0.6) is 0 Å². The number of rotatable bonds is 8. The van der Waals surface area contributed by atoms with Gasteiger partial charge in [-0.1, -0.05) is 16.8 Å². The first kappa shape index (κ1) is 14.3. The van der Waals surface area contributed by atoms with Crippen LogP contribution in [0.15, 0.2) is 17.3 Å². The van der Waals surface area contributed by atoms with Gasteiger partial charge in [-0.25, -0.2) is 0 Å². The van der Waals surface area contributed by atoms with Gasteiger partial charge in [0.1, 0.15) is 5.84 Å². The highest BCUT2D eigenvalue weighted by Crippen LogP contribution is 2.21. The van der Waals surface area contributed by atoms with E-state index < -0.39 is 0 Å². The fraction of sp³-hybridized carbons (Fsp3) is 0.545. The number of amidine groups is 1. The van der Waals surface area contributed by atoms with E-state index in [0.717, 1.165) is 36.7 Å². The topological polar surface area (TPSA) is 70.6 Å². The van der Waals surface area contributed by atoms with Gasteiger partial charge in [0, 0.05) is 11.3 Å². The lowest BCUT2D eigenvalue weighted by atomic mass is 10.2. The van der Waals surface area contributed by atoms with E-state index in [-0.39, 0.29) is 0 Å². The number of thiophene rings is 1. The molecular weight excluding hydrogens is 258 g/mol. The quantitative estimate of drug-likeness (QED) is 0.224. The summed E-state index contributed by atoms with van der Waals surface area (Å²) in [7, 11) is 0. The molecule has 0 aliphatic heterocycles. The zero-order chi connectivity index (χ0) is 12.5. The molecule has 1 aromatic rings. The number of hydrogen-bond acceptors (Lipinski definition) is 4. The SMILES string of the molecule is N/C(CCCCNCCc1ccc(Cl)s1)=N/O. The number of nitrogens with one attached hydrogen (secondary N) is 1. The standard InChI is InChI=1S/C11H18ClN3OS/c12-10-5-4-9(17-10)6-8-14-7-2-1-3-11(13)15-16/h4-5,14,16H,1-3,6-8H2,(H2,13,15). The highest BCUT2D eigenvalue weighted by Gasteiger charge is 1.97. The van der Waals surface area contributed by atoms with Crippen molar-refractivity contribution >= 4 is 28.8 Å². The summed E-state index contributed by atoms with van der Waals surface area (Å²) in [6, 6.07) is 3.99. The Morgan fingerprint density at radius 2 is 2.24 bits per heavy atom. The van der Waals surface area contributed by atoms with Crippen LogP contribution in [0, 0.1) is 0 Å². The van der Waals surface area contributed by atoms with Crippen LogP contribution in [0.4, 0.5) is 0 Å². The number of hydrogen-bond donors (Lipinski definition) is 3. The van der Waals surface area contributed by atoms with Crippen LogP contribution in [0.1, 0.15) is 24.1 Å². The van der Waals surface area contributed by atoms with E-state index in [2.05, 4.69) is 16.5 Å². The van der Waals surface area contributed by atoms with Gasteiger partial charge in [-0.2, -0.15) is 0 Å². The predicted octanol–water partition coefficient (Wildman–Crippen LogP) is 2.45. The van der Waals surface area contributed by atoms with Crippen molar-refractivity contribution in [3.8, 4) is 0 Å². The van der Waals surface area contributed by atoms with E-state index >= 15 is 0 Å². The third-order valence-electron chi connectivity index (χ3n) is 2.34. The van der Waals surface area contributed by atoms with Crippen LogP contribution in [-0.2, 0) is 6.42 Å². The molecule has 17 heavy (non-hydrogen) atoms. The maximum atomic E-state index is 8.34. The number of halogens is 1. The largest absolute Gasteiger partial charge is 0.409 e. The van der Waals surface area contributed by atoms with Gasteiger partial charge in [0.15, 0.2) is 0 Å². The van der Waals surface area contributed by atoms with Gasteiger partial charge < -0.3 is 16.3 Å². The van der Waals surface area contributed by atoms with Gasteiger partial charge in [-0.05, 0) is 44.5 Å². The van der Waals surface area contributed by atoms with Crippen LogP contribution in [-0.4, -0.2) is 24.1 Å². The van der Waals surface area contributed by atoms with Gasteiger partial charge in [0.05, 0.1) is 4.34 Å². The van der Waals surface area contributed by atoms with Gasteiger partial charge >= 0.3 is 0 Å². The summed E-state index contributed by atoms with van der Waals surface area (Å²) in [5.41, 5.74) is 5.36. The molecule has 0 aliphatic carbocycles. The van der Waals surface area contributed by atoms with Gasteiger partial charge in [0.2, 0.25) is 0 Å². The van der Waals surface area contributed by atoms with Crippen molar-refractivity contribution in [1.82, 2.24) is 5.32 Å². The summed E-state index contributed by atoms with van der Waals surface area (Å²) in [6.45, 7) is 1.91. The van der Waals surface area contributed by atoms with Crippen molar-refractivity contribution in [2.45, 2.75) is 25.7 Å². The highest BCUT2D eigenvalue weighted by atomic mass is 35.5. The average Bonchev–Trinajstić information content (AvgIpc) is 2.73. The molecule has 0 radical (unpaired) electrons. The normalized spacial score (nSPS) is 11.9. The van der Waals surface area contributed by atoms with Crippen molar-refractivity contribution in [1.29, 1.82) is 0 Å². The zero-order valence-electron chi connectivity index (χ0n) is 9.66. The van der Waals surface area contributed by atoms with E-state index in [0.29, 0.717) is 12.3 Å². The fourth-order valence-corrected chi connectivity index (χ4v) is 2.52. The second-order valence-corrected chi connectivity index (χ2v) is 5.55. The summed E-state index contributed by atoms with van der Waals surface area (Å²) in [6.07, 6.45) is 3.63. The Labute approximate surface area is 110 Å². The van der Waals surface area contributed by atoms with Crippen LogP contribution >= 0.6 is 22.9 Å². The van der Waals surface area contributed by atoms with Gasteiger partial charge in [-0.3, -0.25) is 0 Å². The Hall–Kier alpha value is -0.780. The number of nitrogens with zero attached hydrogens (tertiary/aromatic N) is 1. The molecule has 96 valence electrons. The lowest BCUT2D eigenvalue weighted by Gasteiger charge is -2.03. The number of unbranched alkanes of at least 4 members (excludes halogenated alkanes) is 1. The van der Waals surface area contributed by atoms with E-state index in [1.807, 2.05) is 6.07 Å². The van der Waals surface area contributed by atoms with E-state index in [9.17, 15) is 0 Å². The van der Waals surface area contributed by atoms with Crippen molar-refractivity contribution in [2.24, 2.45) is 10.9 Å². The minimum atomic E-state index is 0.304. The Morgan fingerprint density at radius 3 is 2.88 bits per heavy atom. The fourth-order valence-electron chi connectivity index (χ4n) is 1.43. The van der Waals surface area contributed by atoms with Crippen molar-refractivity contribution in [3.63, 3.8) is 0 Å². The average molecular weight is 276 g/mol. The molecular formula is C11H18ClN3OS. The molecule has 4 N–H and O–H groups in total. The second kappa shape index (κ2) is 8.33. The molecule has 4 nitrogen and oxygen atoms in total. The van der Waals surface area contributed by atoms with E-state index in [4.69, 9.17) is 22.5 Å². The highest BCUT2D eigenvalue weighted by molar-refractivity contribution is 7.16. The van der Waals surface area contributed by atoms with Crippen molar-refractivity contribution < 1.29 is 5.21 Å². The first-order valence-corrected chi connectivity index (χ1v) is 6.83. The molecule has 1 rings (SSSR count). The minimum absolute atomic E-state index is 0.304. The number of nitrogens with two attached hydrogens (primary N) is 1. The zero-order valence-corrected chi connectivity index (χ0v) is 11.2. The third-order valence-corrected chi connectivity index (χ3v) is 3.63. The minimum Gasteiger partial charge on any atom is -0.409 e. The second-order valence-electron chi connectivity index (χ2n) is 3.75. The van der Waals surface area contributed by atoms with Gasteiger partial charge in [0.25, 0.3) is 0 Å². The molecule has 0 unspecified atom stereocenters. The Bertz CT molecular complexity index is 354. The smallest absolute Gasteiger partial charge is 0.139 e. The molecule has 0 aromatic carbocycles. The summed E-state index contributed by atoms with van der Waals surface area (Å²) in [5, 5.41) is 14.6. The Balaban J connectivity index is 1.94. The molecule has 0 aliphatic rings. The summed E-state index contributed by atoms with van der Waals surface area (Å²) in [4.78, 5) is 1.30. The molecule has 0 fully saturated rings. The summed E-state index contributed by atoms with van der Waals surface area (Å²) >= 11 is 7.47. The van der Waals surface area contributed by atoms with Crippen LogP contribution in [0.25, 0.3) is 0 Å². The molecule has 0 amide bonds. The molecule has 0 bridgehead atoms. The summed E-state index contributed by atoms with van der Waals surface area (Å²) in [5.74, 6) is 0.304. The van der Waals surface area contributed by atoms with Crippen molar-refractivity contribution in [2.75, 3.05) is 13.1 Å². The lowest BCUT2D eigenvalue weighted by Crippen LogP contribution is -2.19. The van der Waals surface area contributed by atoms with E-state index in [1.165, 1.54) is 4.88 Å². The van der Waals surface area contributed by atoms with E-state index in [1.54, 1.807) is 11.3 Å². The molecule has 6 heteroatoms. The Morgan fingerprint density at radius 1 is 1.41 bits per heavy atom. The molecule has 0 saturated carbocycles. The molecule has 0 atom stereocenters. The first-order valence-electron chi connectivity index (χ1n) is 5.63.